The van der Waals surface area contributed by atoms with Gasteiger partial charge in [-0.25, -0.2) is 0 Å². The summed E-state index contributed by atoms with van der Waals surface area (Å²) in [7, 11) is -0.492. The van der Waals surface area contributed by atoms with E-state index in [-0.39, 0.29) is 0 Å². The van der Waals surface area contributed by atoms with Crippen molar-refractivity contribution in [2.45, 2.75) is 27.7 Å². The summed E-state index contributed by atoms with van der Waals surface area (Å²) in [5.41, 5.74) is 0. The van der Waals surface area contributed by atoms with Crippen LogP contribution in [0.3, 0.4) is 0 Å². The summed E-state index contributed by atoms with van der Waals surface area (Å²) in [5.74, 6) is 0. The molecular weight excluding hydrogens is 505 g/mol. The van der Waals surface area contributed by atoms with Crippen LogP contribution in [0.5, 0.6) is 0 Å². The van der Waals surface area contributed by atoms with Crippen LogP contribution in [-0.2, 0) is 0 Å². The highest BCUT2D eigenvalue weighted by Crippen LogP contribution is 2.81. The molecule has 0 aliphatic carbocycles. The van der Waals surface area contributed by atoms with Gasteiger partial charge < -0.3 is 0 Å². The summed E-state index contributed by atoms with van der Waals surface area (Å²) < 4.78 is 5.61. The van der Waals surface area contributed by atoms with Crippen LogP contribution in [0.25, 0.3) is 0 Å². The van der Waals surface area contributed by atoms with Gasteiger partial charge in [0.15, 0.2) is 0 Å². The van der Waals surface area contributed by atoms with Crippen molar-refractivity contribution in [1.29, 1.82) is 0 Å². The van der Waals surface area contributed by atoms with Gasteiger partial charge in [0.1, 0.15) is 12.9 Å². The molecule has 0 amide bonds. The van der Waals surface area contributed by atoms with Crippen LogP contribution in [0.15, 0.2) is 121 Å². The largest absolute Gasteiger partial charge is 0.235 e. The zero-order chi connectivity index (χ0) is 26.1. The molecule has 0 aliphatic rings. The van der Waals surface area contributed by atoms with Gasteiger partial charge in [-0.15, -0.1) is 0 Å². The second kappa shape index (κ2) is 13.2. The lowest BCUT2D eigenvalue weighted by Gasteiger charge is -2.41. The van der Waals surface area contributed by atoms with E-state index in [9.17, 15) is 0 Å². The van der Waals surface area contributed by atoms with Gasteiger partial charge in [0.05, 0.1) is 0 Å². The summed E-state index contributed by atoms with van der Waals surface area (Å²) >= 11 is 0. The standard InChI is InChI=1S/C32H40N2P3/c1-5-33(6-2)37(34(7-3)8-4,32-27-19-12-20-28-32)35-36(29-21-13-9-14-22-29,30-23-15-10-16-24-30)31-25-17-11-18-26-31/h9-28H,5-8H2,1-4H3/q+1. The minimum Gasteiger partial charge on any atom is -0.153 e. The Morgan fingerprint density at radius 3 is 1.08 bits per heavy atom. The van der Waals surface area contributed by atoms with Crippen molar-refractivity contribution in [3.05, 3.63) is 121 Å². The number of hydrogen-bond acceptors (Lipinski definition) is 2. The van der Waals surface area contributed by atoms with Gasteiger partial charge in [-0.05, 0) is 55.7 Å². The first kappa shape index (κ1) is 28.0. The number of nitrogens with zero attached hydrogens (tertiary/aromatic N) is 2. The van der Waals surface area contributed by atoms with Crippen molar-refractivity contribution in [3.8, 4) is 0 Å². The number of benzene rings is 4. The fourth-order valence-electron chi connectivity index (χ4n) is 5.25. The third-order valence-corrected chi connectivity index (χ3v) is 24.9. The second-order valence-corrected chi connectivity index (χ2v) is 20.3. The molecule has 4 aromatic rings. The normalized spacial score (nSPS) is 12.4. The van der Waals surface area contributed by atoms with Gasteiger partial charge in [-0.3, -0.25) is 0 Å². The van der Waals surface area contributed by atoms with E-state index in [0.717, 1.165) is 26.2 Å². The Hall–Kier alpha value is -2.04. The van der Waals surface area contributed by atoms with E-state index in [0.29, 0.717) is 0 Å². The molecule has 4 aromatic carbocycles. The SMILES string of the molecule is CCN(CC)[P+](P=P(c1ccccc1)(c1ccccc1)c1ccccc1)(c1ccccc1)N(CC)CC. The minimum absolute atomic E-state index is 1.03. The molecular formula is C32H40N2P3+. The van der Waals surface area contributed by atoms with Crippen molar-refractivity contribution in [3.63, 3.8) is 0 Å². The van der Waals surface area contributed by atoms with Crippen LogP contribution >= 0.6 is 21.4 Å². The molecule has 0 aromatic heterocycles. The van der Waals surface area contributed by atoms with Gasteiger partial charge in [0, 0.05) is 32.7 Å². The molecule has 192 valence electrons. The highest BCUT2D eigenvalue weighted by molar-refractivity contribution is 8.49. The molecule has 5 heteroatoms. The lowest BCUT2D eigenvalue weighted by Crippen LogP contribution is -2.39. The van der Waals surface area contributed by atoms with Gasteiger partial charge in [0.25, 0.3) is 0 Å². The molecule has 0 heterocycles. The lowest BCUT2D eigenvalue weighted by molar-refractivity contribution is 0.425. The Morgan fingerprint density at radius 1 is 0.486 bits per heavy atom. The van der Waals surface area contributed by atoms with E-state index in [1.165, 1.54) is 28.8 Å². The molecule has 4 rings (SSSR count). The average molecular weight is 546 g/mol. The smallest absolute Gasteiger partial charge is 0.153 e. The Kier molecular flexibility index (Phi) is 9.95. The van der Waals surface area contributed by atoms with Crippen molar-refractivity contribution < 1.29 is 0 Å². The first-order chi connectivity index (χ1) is 18.2. The van der Waals surface area contributed by atoms with Crippen molar-refractivity contribution in [2.75, 3.05) is 26.2 Å². The fourth-order valence-corrected chi connectivity index (χ4v) is 27.4. The van der Waals surface area contributed by atoms with Crippen molar-refractivity contribution in [1.82, 2.24) is 9.34 Å². The zero-order valence-electron chi connectivity index (χ0n) is 22.6. The third kappa shape index (κ3) is 5.43. The average Bonchev–Trinajstić information content (AvgIpc) is 2.98. The summed E-state index contributed by atoms with van der Waals surface area (Å²) in [5, 5.41) is 5.84. The van der Waals surface area contributed by atoms with E-state index in [1.807, 2.05) is 0 Å². The molecule has 0 aliphatic heterocycles. The molecule has 0 radical (unpaired) electrons. The maximum absolute atomic E-state index is 2.81. The summed E-state index contributed by atoms with van der Waals surface area (Å²) in [6, 6.07) is 45.5. The zero-order valence-corrected chi connectivity index (χ0v) is 25.3. The van der Waals surface area contributed by atoms with Crippen LogP contribution in [0.1, 0.15) is 27.7 Å². The summed E-state index contributed by atoms with van der Waals surface area (Å²) in [6.45, 7) is 11.4. The summed E-state index contributed by atoms with van der Waals surface area (Å²) in [6.07, 6.45) is 0. The second-order valence-electron chi connectivity index (χ2n) is 8.91. The number of rotatable bonds is 11. The maximum Gasteiger partial charge on any atom is 0.235 e. The van der Waals surface area contributed by atoms with E-state index in [1.54, 1.807) is 0 Å². The molecule has 0 unspecified atom stereocenters. The van der Waals surface area contributed by atoms with Gasteiger partial charge in [-0.2, -0.15) is 9.34 Å². The molecule has 0 N–H and O–H groups in total. The molecule has 0 atom stereocenters. The van der Waals surface area contributed by atoms with E-state index in [2.05, 4.69) is 158 Å². The van der Waals surface area contributed by atoms with Crippen molar-refractivity contribution in [2.24, 2.45) is 0 Å². The van der Waals surface area contributed by atoms with Crippen LogP contribution < -0.4 is 21.2 Å². The van der Waals surface area contributed by atoms with Crippen LogP contribution in [-0.4, -0.2) is 35.5 Å². The molecule has 2 nitrogen and oxygen atoms in total. The number of hydrogen-bond donors (Lipinski definition) is 0. The molecule has 0 spiro atoms. The van der Waals surface area contributed by atoms with Crippen LogP contribution in [0.4, 0.5) is 0 Å². The van der Waals surface area contributed by atoms with Gasteiger partial charge in [-0.1, -0.05) is 109 Å². The Morgan fingerprint density at radius 2 is 0.784 bits per heavy atom. The van der Waals surface area contributed by atoms with E-state index >= 15 is 0 Å². The highest BCUT2D eigenvalue weighted by atomic mass is 32.3. The first-order valence-corrected chi connectivity index (χ1v) is 19.2. The quantitative estimate of drug-likeness (QED) is 0.179. The molecule has 0 fully saturated rings. The Bertz CT molecular complexity index is 1160. The molecule has 0 bridgehead atoms. The first-order valence-electron chi connectivity index (χ1n) is 13.4. The van der Waals surface area contributed by atoms with Crippen molar-refractivity contribution >= 4 is 42.6 Å². The minimum atomic E-state index is -2.06. The Labute approximate surface area is 226 Å². The van der Waals surface area contributed by atoms with Gasteiger partial charge >= 0.3 is 0 Å². The van der Waals surface area contributed by atoms with Gasteiger partial charge in [0.2, 0.25) is 7.25 Å². The Balaban J connectivity index is 2.28. The highest BCUT2D eigenvalue weighted by Gasteiger charge is 2.53. The van der Waals surface area contributed by atoms with E-state index in [4.69, 9.17) is 0 Å². The van der Waals surface area contributed by atoms with Crippen LogP contribution in [0.2, 0.25) is 0 Å². The predicted octanol–water partition coefficient (Wildman–Crippen LogP) is 7.61. The monoisotopic (exact) mass is 545 g/mol. The topological polar surface area (TPSA) is 6.48 Å². The summed E-state index contributed by atoms with van der Waals surface area (Å²) in [4.78, 5) is 0. The fraction of sp³-hybridized carbons (Fsp3) is 0.250. The third-order valence-electron chi connectivity index (χ3n) is 7.00. The molecule has 0 saturated heterocycles. The maximum atomic E-state index is 2.81. The van der Waals surface area contributed by atoms with E-state index < -0.39 is 13.8 Å². The predicted molar refractivity (Wildman–Crippen MR) is 171 cm³/mol. The van der Waals surface area contributed by atoms with Crippen LogP contribution in [0, 0.1) is 0 Å². The lowest BCUT2D eigenvalue weighted by atomic mass is 10.4. The molecule has 0 saturated carbocycles. The molecule has 37 heavy (non-hydrogen) atoms.